The molecule has 0 saturated heterocycles. The van der Waals surface area contributed by atoms with Crippen LogP contribution >= 0.6 is 11.6 Å². The van der Waals surface area contributed by atoms with Gasteiger partial charge in [0.15, 0.2) is 0 Å². The van der Waals surface area contributed by atoms with Crippen molar-refractivity contribution in [2.45, 2.75) is 19.7 Å². The molecule has 0 spiro atoms. The van der Waals surface area contributed by atoms with Gasteiger partial charge >= 0.3 is 6.01 Å². The Bertz CT molecular complexity index is 508. The number of hydrogen-bond acceptors (Lipinski definition) is 5. The number of anilines is 3. The van der Waals surface area contributed by atoms with E-state index in [1.165, 1.54) is 5.69 Å². The molecule has 1 N–H and O–H groups in total. The molecule has 102 valence electrons. The third-order valence-corrected chi connectivity index (χ3v) is 3.06. The number of halogens is 1. The molecule has 0 aliphatic rings. The summed E-state index contributed by atoms with van der Waals surface area (Å²) >= 11 is 5.60. The summed E-state index contributed by atoms with van der Waals surface area (Å²) in [6.07, 6.45) is 0. The Morgan fingerprint density at radius 3 is 2.37 bits per heavy atom. The van der Waals surface area contributed by atoms with Crippen molar-refractivity contribution in [1.29, 1.82) is 0 Å². The Balaban J connectivity index is 2.06. The predicted molar refractivity (Wildman–Crippen MR) is 77.1 cm³/mol. The quantitative estimate of drug-likeness (QED) is 0.822. The molecule has 1 aromatic carbocycles. The minimum absolute atomic E-state index is 0.218. The van der Waals surface area contributed by atoms with Gasteiger partial charge in [0, 0.05) is 24.5 Å². The first-order valence-corrected chi connectivity index (χ1v) is 6.80. The van der Waals surface area contributed by atoms with E-state index in [0.29, 0.717) is 11.9 Å². The van der Waals surface area contributed by atoms with Crippen molar-refractivity contribution in [3.8, 4) is 0 Å². The summed E-state index contributed by atoms with van der Waals surface area (Å²) in [5, 5.41) is 10.7. The molecule has 0 bridgehead atoms. The zero-order valence-corrected chi connectivity index (χ0v) is 11.8. The highest BCUT2D eigenvalue weighted by Crippen LogP contribution is 2.20. The summed E-state index contributed by atoms with van der Waals surface area (Å²) in [6, 6.07) is 8.45. The van der Waals surface area contributed by atoms with Crippen LogP contribution in [-0.4, -0.2) is 23.3 Å². The standard InChI is InChI=1S/C13H17ClN4O/c1-3-18(4-2)11-7-5-10(6-8-11)15-13-17-16-12(9-14)19-13/h5-8H,3-4,9H2,1-2H3,(H,15,17). The molecule has 0 aliphatic heterocycles. The van der Waals surface area contributed by atoms with Gasteiger partial charge in [-0.25, -0.2) is 0 Å². The summed E-state index contributed by atoms with van der Waals surface area (Å²) in [4.78, 5) is 2.28. The zero-order valence-electron chi connectivity index (χ0n) is 11.1. The summed E-state index contributed by atoms with van der Waals surface area (Å²) in [6.45, 7) is 6.27. The number of aromatic nitrogens is 2. The largest absolute Gasteiger partial charge is 0.407 e. The van der Waals surface area contributed by atoms with Gasteiger partial charge < -0.3 is 14.6 Å². The van der Waals surface area contributed by atoms with E-state index in [1.54, 1.807) is 0 Å². The second-order valence-electron chi connectivity index (χ2n) is 3.98. The maximum atomic E-state index is 5.60. The minimum atomic E-state index is 0.218. The SMILES string of the molecule is CCN(CC)c1ccc(Nc2nnc(CCl)o2)cc1. The molecule has 0 aliphatic carbocycles. The van der Waals surface area contributed by atoms with E-state index >= 15 is 0 Å². The lowest BCUT2D eigenvalue weighted by atomic mass is 10.2. The predicted octanol–water partition coefficient (Wildman–Crippen LogP) is 3.40. The Morgan fingerprint density at radius 2 is 1.84 bits per heavy atom. The number of benzene rings is 1. The third-order valence-electron chi connectivity index (χ3n) is 2.83. The van der Waals surface area contributed by atoms with Gasteiger partial charge in [-0.1, -0.05) is 5.10 Å². The molecule has 0 atom stereocenters. The van der Waals surface area contributed by atoms with Crippen LogP contribution in [0.3, 0.4) is 0 Å². The molecule has 1 heterocycles. The first-order chi connectivity index (χ1) is 9.26. The molecule has 5 nitrogen and oxygen atoms in total. The molecule has 2 aromatic rings. The van der Waals surface area contributed by atoms with Crippen LogP contribution in [0, 0.1) is 0 Å². The van der Waals surface area contributed by atoms with E-state index in [9.17, 15) is 0 Å². The van der Waals surface area contributed by atoms with E-state index in [-0.39, 0.29) is 5.88 Å². The number of hydrogen-bond donors (Lipinski definition) is 1. The van der Waals surface area contributed by atoms with Crippen LogP contribution in [0.4, 0.5) is 17.4 Å². The second-order valence-corrected chi connectivity index (χ2v) is 4.25. The maximum Gasteiger partial charge on any atom is 0.320 e. The number of alkyl halides is 1. The number of nitrogens with one attached hydrogen (secondary N) is 1. The van der Waals surface area contributed by atoms with Crippen LogP contribution in [0.15, 0.2) is 28.7 Å². The molecule has 0 amide bonds. The molecular weight excluding hydrogens is 264 g/mol. The lowest BCUT2D eigenvalue weighted by Gasteiger charge is -2.21. The lowest BCUT2D eigenvalue weighted by Crippen LogP contribution is -2.21. The van der Waals surface area contributed by atoms with Gasteiger partial charge in [-0.05, 0) is 38.1 Å². The molecule has 2 rings (SSSR count). The highest BCUT2D eigenvalue weighted by atomic mass is 35.5. The van der Waals surface area contributed by atoms with Crippen LogP contribution in [0.1, 0.15) is 19.7 Å². The Morgan fingerprint density at radius 1 is 1.16 bits per heavy atom. The fourth-order valence-corrected chi connectivity index (χ4v) is 1.93. The van der Waals surface area contributed by atoms with Crippen molar-refractivity contribution in [2.75, 3.05) is 23.3 Å². The third kappa shape index (κ3) is 3.38. The van der Waals surface area contributed by atoms with Crippen molar-refractivity contribution >= 4 is 29.0 Å². The fourth-order valence-electron chi connectivity index (χ4n) is 1.83. The molecular formula is C13H17ClN4O. The van der Waals surface area contributed by atoms with E-state index in [1.807, 2.05) is 12.1 Å². The van der Waals surface area contributed by atoms with Crippen LogP contribution in [0.2, 0.25) is 0 Å². The van der Waals surface area contributed by atoms with Gasteiger partial charge in [-0.3, -0.25) is 0 Å². The lowest BCUT2D eigenvalue weighted by molar-refractivity contribution is 0.530. The summed E-state index contributed by atoms with van der Waals surface area (Å²) in [5.41, 5.74) is 2.10. The van der Waals surface area contributed by atoms with Gasteiger partial charge in [0.1, 0.15) is 5.88 Å². The van der Waals surface area contributed by atoms with Crippen LogP contribution in [0.5, 0.6) is 0 Å². The summed E-state index contributed by atoms with van der Waals surface area (Å²) < 4.78 is 5.28. The topological polar surface area (TPSA) is 54.2 Å². The van der Waals surface area contributed by atoms with Crippen molar-refractivity contribution < 1.29 is 4.42 Å². The maximum absolute atomic E-state index is 5.60. The second kappa shape index (κ2) is 6.43. The Hall–Kier alpha value is -1.75. The van der Waals surface area contributed by atoms with Crippen LogP contribution < -0.4 is 10.2 Å². The highest BCUT2D eigenvalue weighted by Gasteiger charge is 2.06. The van der Waals surface area contributed by atoms with E-state index in [2.05, 4.69) is 46.4 Å². The summed E-state index contributed by atoms with van der Waals surface area (Å²) in [5.74, 6) is 0.624. The van der Waals surface area contributed by atoms with E-state index in [0.717, 1.165) is 18.8 Å². The van der Waals surface area contributed by atoms with Gasteiger partial charge in [0.05, 0.1) is 0 Å². The molecule has 0 saturated carbocycles. The molecule has 0 radical (unpaired) electrons. The first-order valence-electron chi connectivity index (χ1n) is 6.27. The van der Waals surface area contributed by atoms with E-state index < -0.39 is 0 Å². The average molecular weight is 281 g/mol. The van der Waals surface area contributed by atoms with Crippen molar-refractivity contribution in [1.82, 2.24) is 10.2 Å². The number of rotatable bonds is 6. The van der Waals surface area contributed by atoms with Gasteiger partial charge in [0.2, 0.25) is 5.89 Å². The van der Waals surface area contributed by atoms with Crippen LogP contribution in [-0.2, 0) is 5.88 Å². The monoisotopic (exact) mass is 280 g/mol. The first kappa shape index (κ1) is 13.7. The molecule has 19 heavy (non-hydrogen) atoms. The smallest absolute Gasteiger partial charge is 0.320 e. The molecule has 1 aromatic heterocycles. The fraction of sp³-hybridized carbons (Fsp3) is 0.385. The Labute approximate surface area is 117 Å². The van der Waals surface area contributed by atoms with Crippen molar-refractivity contribution in [3.63, 3.8) is 0 Å². The highest BCUT2D eigenvalue weighted by molar-refractivity contribution is 6.16. The molecule has 0 unspecified atom stereocenters. The van der Waals surface area contributed by atoms with Gasteiger partial charge in [-0.15, -0.1) is 16.7 Å². The number of nitrogens with zero attached hydrogens (tertiary/aromatic N) is 3. The normalized spacial score (nSPS) is 10.5. The van der Waals surface area contributed by atoms with Crippen molar-refractivity contribution in [3.05, 3.63) is 30.2 Å². The molecule has 6 heteroatoms. The van der Waals surface area contributed by atoms with Gasteiger partial charge in [-0.2, -0.15) is 0 Å². The van der Waals surface area contributed by atoms with E-state index in [4.69, 9.17) is 16.0 Å². The van der Waals surface area contributed by atoms with Crippen LogP contribution in [0.25, 0.3) is 0 Å². The zero-order chi connectivity index (χ0) is 13.7. The Kier molecular flexibility index (Phi) is 4.63. The minimum Gasteiger partial charge on any atom is -0.407 e. The summed E-state index contributed by atoms with van der Waals surface area (Å²) in [7, 11) is 0. The van der Waals surface area contributed by atoms with Gasteiger partial charge in [0.25, 0.3) is 0 Å². The average Bonchev–Trinajstić information content (AvgIpc) is 2.90. The molecule has 0 fully saturated rings. The van der Waals surface area contributed by atoms with Crippen molar-refractivity contribution in [2.24, 2.45) is 0 Å².